The summed E-state index contributed by atoms with van der Waals surface area (Å²) in [7, 11) is 0. The molecular weight excluding hydrogens is 538 g/mol. The number of piperazine rings is 1. The lowest BCUT2D eigenvalue weighted by Gasteiger charge is -2.45. The SMILES string of the molecule is CCC(=O)N1CC(C)N(c2nc(=O)n3c4nc(c(Cl)cc24)-c2ccccc2OC/C=C\Cc2ccccc2-3)CC1C. The molecule has 1 amide bonds. The van der Waals surface area contributed by atoms with E-state index >= 15 is 0 Å². The molecular formula is C32H32ClN5O3. The number of aromatic nitrogens is 3. The summed E-state index contributed by atoms with van der Waals surface area (Å²) >= 11 is 6.97. The van der Waals surface area contributed by atoms with Crippen molar-refractivity contribution in [3.63, 3.8) is 0 Å². The first-order valence-electron chi connectivity index (χ1n) is 14.0. The third-order valence-electron chi connectivity index (χ3n) is 7.90. The Morgan fingerprint density at radius 1 is 1.02 bits per heavy atom. The maximum atomic E-state index is 14.0. The first kappa shape index (κ1) is 27.0. The van der Waals surface area contributed by atoms with Gasteiger partial charge in [0, 0.05) is 37.2 Å². The molecule has 0 saturated carbocycles. The van der Waals surface area contributed by atoms with E-state index in [4.69, 9.17) is 21.3 Å². The third kappa shape index (κ3) is 4.86. The minimum absolute atomic E-state index is 0.0428. The molecule has 41 heavy (non-hydrogen) atoms. The van der Waals surface area contributed by atoms with Crippen molar-refractivity contribution in [2.45, 2.75) is 45.7 Å². The van der Waals surface area contributed by atoms with Crippen molar-refractivity contribution in [1.82, 2.24) is 19.4 Å². The van der Waals surface area contributed by atoms with Crippen molar-refractivity contribution >= 4 is 34.4 Å². The fourth-order valence-electron chi connectivity index (χ4n) is 5.81. The molecule has 2 unspecified atom stereocenters. The van der Waals surface area contributed by atoms with Crippen LogP contribution in [0.15, 0.2) is 71.5 Å². The molecule has 0 aliphatic carbocycles. The fourth-order valence-corrected chi connectivity index (χ4v) is 6.06. The van der Waals surface area contributed by atoms with Gasteiger partial charge in [0.05, 0.1) is 21.8 Å². The molecule has 0 radical (unpaired) electrons. The van der Waals surface area contributed by atoms with Crippen LogP contribution in [0, 0.1) is 0 Å². The zero-order valence-electron chi connectivity index (χ0n) is 23.4. The standard InChI is InChI=1S/C32H32ClN5O3/c1-4-28(39)36-18-21(3)37(19-20(36)2)30-24-17-25(33)29-23-13-6-8-15-27(23)41-16-10-9-12-22-11-5-7-14-26(22)38(31(24)34-29)32(40)35-30/h5-11,13-15,17,20-21H,4,12,16,18-19H2,1-3H3/b10-9-. The van der Waals surface area contributed by atoms with Gasteiger partial charge in [-0.15, -0.1) is 0 Å². The molecule has 1 saturated heterocycles. The van der Waals surface area contributed by atoms with Crippen LogP contribution < -0.4 is 15.3 Å². The number of nitrogens with zero attached hydrogens (tertiary/aromatic N) is 5. The average molecular weight is 570 g/mol. The summed E-state index contributed by atoms with van der Waals surface area (Å²) in [5.41, 5.74) is 3.00. The summed E-state index contributed by atoms with van der Waals surface area (Å²) in [6, 6.07) is 17.2. The Kier molecular flexibility index (Phi) is 7.26. The maximum absolute atomic E-state index is 14.0. The largest absolute Gasteiger partial charge is 0.489 e. The second-order valence-electron chi connectivity index (χ2n) is 10.6. The van der Waals surface area contributed by atoms with Crippen LogP contribution in [-0.4, -0.2) is 57.1 Å². The van der Waals surface area contributed by atoms with Crippen LogP contribution in [0.5, 0.6) is 5.75 Å². The summed E-state index contributed by atoms with van der Waals surface area (Å²) in [5, 5.41) is 1.10. The highest BCUT2D eigenvalue weighted by Gasteiger charge is 2.34. The number of carbonyl (C=O) groups is 1. The summed E-state index contributed by atoms with van der Waals surface area (Å²) in [6.45, 7) is 7.43. The Labute approximate surface area is 243 Å². The van der Waals surface area contributed by atoms with Gasteiger partial charge in [-0.2, -0.15) is 4.98 Å². The molecule has 2 aromatic carbocycles. The molecule has 0 N–H and O–H groups in total. The number of halogens is 1. The van der Waals surface area contributed by atoms with E-state index in [1.807, 2.05) is 85.5 Å². The van der Waals surface area contributed by atoms with Gasteiger partial charge in [-0.1, -0.05) is 61.0 Å². The molecule has 2 atom stereocenters. The van der Waals surface area contributed by atoms with Crippen molar-refractivity contribution in [3.05, 3.63) is 87.8 Å². The monoisotopic (exact) mass is 569 g/mol. The molecule has 2 bridgehead atoms. The summed E-state index contributed by atoms with van der Waals surface area (Å²) in [4.78, 5) is 40.3. The molecule has 210 valence electrons. The van der Waals surface area contributed by atoms with Crippen LogP contribution >= 0.6 is 11.6 Å². The second kappa shape index (κ2) is 11.0. The highest BCUT2D eigenvalue weighted by molar-refractivity contribution is 6.34. The van der Waals surface area contributed by atoms with Crippen LogP contribution in [0.2, 0.25) is 5.02 Å². The van der Waals surface area contributed by atoms with E-state index in [1.54, 1.807) is 4.57 Å². The predicted molar refractivity (Wildman–Crippen MR) is 162 cm³/mol. The number of carbonyl (C=O) groups excluding carboxylic acids is 1. The number of rotatable bonds is 2. The number of hydrogen-bond donors (Lipinski definition) is 0. The highest BCUT2D eigenvalue weighted by atomic mass is 35.5. The first-order valence-corrected chi connectivity index (χ1v) is 14.4. The van der Waals surface area contributed by atoms with Crippen molar-refractivity contribution in [2.24, 2.45) is 0 Å². The number of allylic oxidation sites excluding steroid dienone is 1. The highest BCUT2D eigenvalue weighted by Crippen LogP contribution is 2.38. The van der Waals surface area contributed by atoms with Gasteiger partial charge < -0.3 is 14.5 Å². The topological polar surface area (TPSA) is 80.6 Å². The smallest absolute Gasteiger partial charge is 0.355 e. The number of pyridine rings is 1. The van der Waals surface area contributed by atoms with E-state index in [2.05, 4.69) is 16.8 Å². The normalized spacial score (nSPS) is 19.4. The number of fused-ring (bicyclic) bond motifs is 5. The van der Waals surface area contributed by atoms with Gasteiger partial charge in [-0.25, -0.2) is 14.3 Å². The van der Waals surface area contributed by atoms with Crippen molar-refractivity contribution < 1.29 is 9.53 Å². The lowest BCUT2D eigenvalue weighted by molar-refractivity contribution is -0.133. The van der Waals surface area contributed by atoms with Gasteiger partial charge in [0.1, 0.15) is 18.2 Å². The van der Waals surface area contributed by atoms with Gasteiger partial charge in [0.25, 0.3) is 0 Å². The van der Waals surface area contributed by atoms with Crippen LogP contribution in [0.4, 0.5) is 5.82 Å². The van der Waals surface area contributed by atoms with E-state index in [9.17, 15) is 9.59 Å². The molecule has 1 fully saturated rings. The molecule has 2 aliphatic rings. The zero-order chi connectivity index (χ0) is 28.7. The predicted octanol–water partition coefficient (Wildman–Crippen LogP) is 5.43. The van der Waals surface area contributed by atoms with Crippen LogP contribution in [0.1, 0.15) is 32.8 Å². The zero-order valence-corrected chi connectivity index (χ0v) is 24.1. The summed E-state index contributed by atoms with van der Waals surface area (Å²) in [6.07, 6.45) is 5.08. The van der Waals surface area contributed by atoms with Crippen LogP contribution in [0.25, 0.3) is 28.0 Å². The third-order valence-corrected chi connectivity index (χ3v) is 8.18. The van der Waals surface area contributed by atoms with E-state index in [1.165, 1.54) is 0 Å². The van der Waals surface area contributed by atoms with Crippen molar-refractivity contribution in [2.75, 3.05) is 24.6 Å². The molecule has 4 heterocycles. The Morgan fingerprint density at radius 3 is 2.63 bits per heavy atom. The van der Waals surface area contributed by atoms with Gasteiger partial charge >= 0.3 is 5.69 Å². The lowest BCUT2D eigenvalue weighted by Crippen LogP contribution is -2.58. The number of amides is 1. The Morgan fingerprint density at radius 2 is 1.80 bits per heavy atom. The number of anilines is 1. The van der Waals surface area contributed by atoms with Crippen LogP contribution in [-0.2, 0) is 11.2 Å². The lowest BCUT2D eigenvalue weighted by atomic mass is 10.1. The second-order valence-corrected chi connectivity index (χ2v) is 11.0. The number of para-hydroxylation sites is 2. The Hall–Kier alpha value is -4.17. The van der Waals surface area contributed by atoms with E-state index in [0.29, 0.717) is 65.9 Å². The maximum Gasteiger partial charge on any atom is 0.355 e. The molecule has 0 spiro atoms. The van der Waals surface area contributed by atoms with Gasteiger partial charge in [0.2, 0.25) is 5.91 Å². The van der Waals surface area contributed by atoms with Gasteiger partial charge in [-0.05, 0) is 50.1 Å². The molecule has 2 aliphatic heterocycles. The van der Waals surface area contributed by atoms with Crippen LogP contribution in [0.3, 0.4) is 0 Å². The summed E-state index contributed by atoms with van der Waals surface area (Å²) < 4.78 is 7.70. The fraction of sp³-hybridized carbons (Fsp3) is 0.312. The number of ether oxygens (including phenoxy) is 1. The average Bonchev–Trinajstić information content (AvgIpc) is 2.98. The molecule has 8 nitrogen and oxygen atoms in total. The molecule has 9 heteroatoms. The minimum atomic E-state index is -0.420. The van der Waals surface area contributed by atoms with Crippen molar-refractivity contribution in [1.29, 1.82) is 0 Å². The minimum Gasteiger partial charge on any atom is -0.489 e. The van der Waals surface area contributed by atoms with Crippen molar-refractivity contribution in [3.8, 4) is 22.7 Å². The first-order chi connectivity index (χ1) is 19.9. The van der Waals surface area contributed by atoms with E-state index in [-0.39, 0.29) is 18.0 Å². The Bertz CT molecular complexity index is 1730. The number of benzene rings is 2. The van der Waals surface area contributed by atoms with E-state index in [0.717, 1.165) is 16.8 Å². The molecule has 2 aromatic heterocycles. The number of hydrogen-bond acceptors (Lipinski definition) is 6. The summed E-state index contributed by atoms with van der Waals surface area (Å²) in [5.74, 6) is 1.30. The quantitative estimate of drug-likeness (QED) is 0.300. The molecule has 4 aromatic rings. The van der Waals surface area contributed by atoms with Gasteiger partial charge in [0.15, 0.2) is 5.65 Å². The Balaban J connectivity index is 1.63. The van der Waals surface area contributed by atoms with Gasteiger partial charge in [-0.3, -0.25) is 4.79 Å². The molecule has 6 rings (SSSR count). The van der Waals surface area contributed by atoms with E-state index < -0.39 is 5.69 Å².